The summed E-state index contributed by atoms with van der Waals surface area (Å²) in [5, 5.41) is 3.01. The molecule has 6 nitrogen and oxygen atoms in total. The number of benzene rings is 2. The van der Waals surface area contributed by atoms with Gasteiger partial charge in [-0.15, -0.1) is 0 Å². The molecule has 0 aromatic heterocycles. The number of ether oxygens (including phenoxy) is 1. The number of hydrogen-bond acceptors (Lipinski definition) is 4. The van der Waals surface area contributed by atoms with Crippen LogP contribution in [-0.4, -0.2) is 33.7 Å². The monoisotopic (exact) mass is 416 g/mol. The third-order valence-corrected chi connectivity index (χ3v) is 6.57. The van der Waals surface area contributed by atoms with E-state index in [0.717, 1.165) is 24.7 Å². The summed E-state index contributed by atoms with van der Waals surface area (Å²) in [5.41, 5.74) is 4.42. The second-order valence-electron chi connectivity index (χ2n) is 7.60. The Morgan fingerprint density at radius 2 is 1.72 bits per heavy atom. The first-order valence-corrected chi connectivity index (χ1v) is 11.6. The number of hydrogen-bond donors (Lipinski definition) is 1. The number of anilines is 1. The molecule has 2 atom stereocenters. The van der Waals surface area contributed by atoms with Crippen molar-refractivity contribution >= 4 is 21.6 Å². The van der Waals surface area contributed by atoms with Crippen molar-refractivity contribution in [3.8, 4) is 5.75 Å². The molecule has 2 aromatic rings. The summed E-state index contributed by atoms with van der Waals surface area (Å²) in [6.45, 7) is 3.67. The summed E-state index contributed by atoms with van der Waals surface area (Å²) >= 11 is 0. The van der Waals surface area contributed by atoms with Crippen LogP contribution >= 0.6 is 0 Å². The van der Waals surface area contributed by atoms with Crippen LogP contribution < -0.4 is 14.4 Å². The molecule has 29 heavy (non-hydrogen) atoms. The highest BCUT2D eigenvalue weighted by Gasteiger charge is 2.20. The van der Waals surface area contributed by atoms with E-state index in [4.69, 9.17) is 4.74 Å². The van der Waals surface area contributed by atoms with E-state index in [9.17, 15) is 13.2 Å². The zero-order valence-electron chi connectivity index (χ0n) is 17.3. The summed E-state index contributed by atoms with van der Waals surface area (Å²) in [4.78, 5) is 12.5. The lowest BCUT2D eigenvalue weighted by Gasteiger charge is -2.20. The Labute approximate surface area is 172 Å². The topological polar surface area (TPSA) is 75.7 Å². The number of nitrogens with zero attached hydrogens (tertiary/aromatic N) is 1. The molecule has 0 radical (unpaired) electrons. The van der Waals surface area contributed by atoms with Gasteiger partial charge in [0.15, 0.2) is 6.10 Å². The second-order valence-corrected chi connectivity index (χ2v) is 9.61. The highest BCUT2D eigenvalue weighted by Crippen LogP contribution is 2.26. The van der Waals surface area contributed by atoms with E-state index in [2.05, 4.69) is 23.5 Å². The smallest absolute Gasteiger partial charge is 0.261 e. The minimum Gasteiger partial charge on any atom is -0.481 e. The van der Waals surface area contributed by atoms with Crippen molar-refractivity contribution in [3.05, 3.63) is 59.2 Å². The number of carbonyl (C=O) groups excluding carboxylic acids is 1. The maximum absolute atomic E-state index is 12.5. The molecule has 1 N–H and O–H groups in total. The maximum Gasteiger partial charge on any atom is 0.261 e. The molecule has 0 bridgehead atoms. The molecule has 1 amide bonds. The Morgan fingerprint density at radius 3 is 2.38 bits per heavy atom. The van der Waals surface area contributed by atoms with E-state index < -0.39 is 16.1 Å². The van der Waals surface area contributed by atoms with Crippen LogP contribution in [0.15, 0.2) is 42.5 Å². The number of rotatable bonds is 7. The lowest BCUT2D eigenvalue weighted by atomic mass is 10.0. The predicted octanol–water partition coefficient (Wildman–Crippen LogP) is 3.22. The van der Waals surface area contributed by atoms with E-state index in [1.807, 2.05) is 6.92 Å². The van der Waals surface area contributed by atoms with Crippen LogP contribution in [0.3, 0.4) is 0 Å². The Hall–Kier alpha value is -2.54. The van der Waals surface area contributed by atoms with Gasteiger partial charge in [-0.05, 0) is 74.1 Å². The van der Waals surface area contributed by atoms with Crippen LogP contribution in [-0.2, 0) is 27.7 Å². The minimum atomic E-state index is -3.32. The van der Waals surface area contributed by atoms with Crippen LogP contribution in [0.1, 0.15) is 43.0 Å². The van der Waals surface area contributed by atoms with E-state index in [1.165, 1.54) is 28.9 Å². The van der Waals surface area contributed by atoms with Gasteiger partial charge in [-0.1, -0.05) is 18.2 Å². The summed E-state index contributed by atoms with van der Waals surface area (Å²) < 4.78 is 30.1. The number of amides is 1. The summed E-state index contributed by atoms with van der Waals surface area (Å²) in [5.74, 6) is 0.304. The average molecular weight is 417 g/mol. The van der Waals surface area contributed by atoms with E-state index in [-0.39, 0.29) is 11.9 Å². The van der Waals surface area contributed by atoms with Crippen molar-refractivity contribution in [2.24, 2.45) is 0 Å². The third kappa shape index (κ3) is 5.09. The largest absolute Gasteiger partial charge is 0.481 e. The molecule has 1 aliphatic rings. The molecule has 0 saturated heterocycles. The standard InChI is InChI=1S/C22H28N2O4S/c1-15(18-9-8-17-6-5-7-19(17)14-18)23-22(25)16(2)28-21-12-10-20(11-13-21)24(3)29(4,26)27/h8-16H,5-7H2,1-4H3,(H,23,25)/t15-,16-/m1/s1. The first-order chi connectivity index (χ1) is 13.6. The van der Waals surface area contributed by atoms with Crippen LogP contribution in [0.2, 0.25) is 0 Å². The predicted molar refractivity (Wildman–Crippen MR) is 115 cm³/mol. The molecule has 0 spiro atoms. The molecule has 3 rings (SSSR count). The fourth-order valence-corrected chi connectivity index (χ4v) is 3.96. The highest BCUT2D eigenvalue weighted by molar-refractivity contribution is 7.92. The Morgan fingerprint density at radius 1 is 1.07 bits per heavy atom. The SMILES string of the molecule is C[C@@H](Oc1ccc(N(C)S(C)(=O)=O)cc1)C(=O)N[C@H](C)c1ccc2c(c1)CCC2. The highest BCUT2D eigenvalue weighted by atomic mass is 32.2. The Bertz CT molecular complexity index is 986. The molecule has 7 heteroatoms. The molecule has 156 valence electrons. The molecular formula is C22H28N2O4S. The fraction of sp³-hybridized carbons (Fsp3) is 0.409. The van der Waals surface area contributed by atoms with Gasteiger partial charge in [0.2, 0.25) is 10.0 Å². The van der Waals surface area contributed by atoms with Crippen molar-refractivity contribution < 1.29 is 17.9 Å². The van der Waals surface area contributed by atoms with E-state index >= 15 is 0 Å². The molecule has 1 aliphatic carbocycles. The quantitative estimate of drug-likeness (QED) is 0.752. The van der Waals surface area contributed by atoms with Crippen molar-refractivity contribution in [2.75, 3.05) is 17.6 Å². The van der Waals surface area contributed by atoms with E-state index in [1.54, 1.807) is 31.2 Å². The van der Waals surface area contributed by atoms with Crippen molar-refractivity contribution in [1.82, 2.24) is 5.32 Å². The van der Waals surface area contributed by atoms with Crippen molar-refractivity contribution in [2.45, 2.75) is 45.3 Å². The maximum atomic E-state index is 12.5. The molecular weight excluding hydrogens is 388 g/mol. The van der Waals surface area contributed by atoms with Gasteiger partial charge in [-0.3, -0.25) is 9.10 Å². The van der Waals surface area contributed by atoms with Crippen LogP contribution in [0.5, 0.6) is 5.75 Å². The molecule has 0 fully saturated rings. The van der Waals surface area contributed by atoms with Crippen LogP contribution in [0, 0.1) is 0 Å². The first kappa shape index (κ1) is 21.2. The third-order valence-electron chi connectivity index (χ3n) is 5.36. The van der Waals surface area contributed by atoms with Gasteiger partial charge in [-0.25, -0.2) is 8.42 Å². The zero-order chi connectivity index (χ0) is 21.2. The lowest BCUT2D eigenvalue weighted by molar-refractivity contribution is -0.127. The second kappa shape index (κ2) is 8.45. The molecule has 2 aromatic carbocycles. The van der Waals surface area contributed by atoms with Gasteiger partial charge in [-0.2, -0.15) is 0 Å². The Kier molecular flexibility index (Phi) is 6.17. The number of nitrogens with one attached hydrogen (secondary N) is 1. The number of aryl methyl sites for hydroxylation is 2. The summed E-state index contributed by atoms with van der Waals surface area (Å²) in [6.07, 6.45) is 3.91. The van der Waals surface area contributed by atoms with Gasteiger partial charge < -0.3 is 10.1 Å². The van der Waals surface area contributed by atoms with E-state index in [0.29, 0.717) is 11.4 Å². The summed E-state index contributed by atoms with van der Waals surface area (Å²) in [7, 11) is -1.83. The number of fused-ring (bicyclic) bond motifs is 1. The lowest BCUT2D eigenvalue weighted by Crippen LogP contribution is -2.37. The average Bonchev–Trinajstić information content (AvgIpc) is 3.15. The van der Waals surface area contributed by atoms with Crippen LogP contribution in [0.4, 0.5) is 5.69 Å². The summed E-state index contributed by atoms with van der Waals surface area (Å²) in [6, 6.07) is 12.9. The van der Waals surface area contributed by atoms with Gasteiger partial charge >= 0.3 is 0 Å². The van der Waals surface area contributed by atoms with Crippen molar-refractivity contribution in [3.63, 3.8) is 0 Å². The molecule has 0 unspecified atom stereocenters. The van der Waals surface area contributed by atoms with Gasteiger partial charge in [0, 0.05) is 7.05 Å². The van der Waals surface area contributed by atoms with Gasteiger partial charge in [0.1, 0.15) is 5.75 Å². The first-order valence-electron chi connectivity index (χ1n) is 9.78. The van der Waals surface area contributed by atoms with Gasteiger partial charge in [0.05, 0.1) is 18.0 Å². The number of carbonyl (C=O) groups is 1. The fourth-order valence-electron chi connectivity index (χ4n) is 3.46. The normalized spacial score (nSPS) is 15.3. The number of sulfonamides is 1. The molecule has 0 heterocycles. The minimum absolute atomic E-state index is 0.106. The molecule has 0 saturated carbocycles. The van der Waals surface area contributed by atoms with Crippen LogP contribution in [0.25, 0.3) is 0 Å². The molecule has 0 aliphatic heterocycles. The Balaban J connectivity index is 1.59. The van der Waals surface area contributed by atoms with Crippen molar-refractivity contribution in [1.29, 1.82) is 0 Å². The van der Waals surface area contributed by atoms with Gasteiger partial charge in [0.25, 0.3) is 5.91 Å². The zero-order valence-corrected chi connectivity index (χ0v) is 18.1.